The lowest BCUT2D eigenvalue weighted by Gasteiger charge is -2.21. The number of nitrogens with zero attached hydrogens (tertiary/aromatic N) is 1. The van der Waals surface area contributed by atoms with E-state index in [0.29, 0.717) is 23.7 Å². The van der Waals surface area contributed by atoms with Crippen LogP contribution in [0, 0.1) is 0 Å². The summed E-state index contributed by atoms with van der Waals surface area (Å²) in [6, 6.07) is 14.7. The number of benzene rings is 2. The standard InChI is InChI=1S/C23H30N2O4/c1-7-28-22(27)25(6)19-13-11-18(12-14-19)24-21(26)16(2)29-20-10-8-9-17(15-20)23(3,4)5/h8-16H,7H2,1-6H3,(H,24,26). The Morgan fingerprint density at radius 3 is 2.34 bits per heavy atom. The number of amides is 2. The third-order valence-electron chi connectivity index (χ3n) is 4.45. The summed E-state index contributed by atoms with van der Waals surface area (Å²) >= 11 is 0. The summed E-state index contributed by atoms with van der Waals surface area (Å²) in [7, 11) is 1.63. The quantitative estimate of drug-likeness (QED) is 0.745. The largest absolute Gasteiger partial charge is 0.481 e. The zero-order valence-electron chi connectivity index (χ0n) is 18.0. The van der Waals surface area contributed by atoms with Gasteiger partial charge in [0.05, 0.1) is 6.61 Å². The molecule has 2 aromatic rings. The molecule has 2 amide bonds. The first kappa shape index (κ1) is 22.3. The monoisotopic (exact) mass is 398 g/mol. The Labute approximate surface area is 172 Å². The van der Waals surface area contributed by atoms with Gasteiger partial charge >= 0.3 is 6.09 Å². The molecule has 0 spiro atoms. The maximum absolute atomic E-state index is 12.5. The van der Waals surface area contributed by atoms with Crippen molar-refractivity contribution < 1.29 is 19.1 Å². The Balaban J connectivity index is 1.98. The van der Waals surface area contributed by atoms with Crippen LogP contribution in [0.3, 0.4) is 0 Å². The maximum atomic E-state index is 12.5. The molecule has 0 saturated carbocycles. The van der Waals surface area contributed by atoms with E-state index in [2.05, 4.69) is 26.1 Å². The number of nitrogens with one attached hydrogen (secondary N) is 1. The highest BCUT2D eigenvalue weighted by atomic mass is 16.6. The van der Waals surface area contributed by atoms with Gasteiger partial charge in [-0.25, -0.2) is 4.79 Å². The first-order chi connectivity index (χ1) is 13.6. The molecule has 29 heavy (non-hydrogen) atoms. The fourth-order valence-corrected chi connectivity index (χ4v) is 2.63. The van der Waals surface area contributed by atoms with E-state index in [1.807, 2.05) is 24.3 Å². The van der Waals surface area contributed by atoms with Crippen molar-refractivity contribution in [1.29, 1.82) is 0 Å². The summed E-state index contributed by atoms with van der Waals surface area (Å²) in [5, 5.41) is 2.83. The molecule has 1 N–H and O–H groups in total. The molecule has 6 heteroatoms. The van der Waals surface area contributed by atoms with E-state index >= 15 is 0 Å². The number of rotatable bonds is 6. The second kappa shape index (κ2) is 9.45. The van der Waals surface area contributed by atoms with Crippen LogP contribution >= 0.6 is 0 Å². The van der Waals surface area contributed by atoms with Crippen LogP contribution in [0.2, 0.25) is 0 Å². The van der Waals surface area contributed by atoms with Crippen molar-refractivity contribution >= 4 is 23.4 Å². The van der Waals surface area contributed by atoms with Crippen molar-refractivity contribution in [2.75, 3.05) is 23.9 Å². The van der Waals surface area contributed by atoms with Crippen molar-refractivity contribution in [1.82, 2.24) is 0 Å². The molecule has 6 nitrogen and oxygen atoms in total. The summed E-state index contributed by atoms with van der Waals surface area (Å²) in [6.45, 7) is 10.2. The van der Waals surface area contributed by atoms with Gasteiger partial charge in [0.25, 0.3) is 5.91 Å². The van der Waals surface area contributed by atoms with E-state index in [0.717, 1.165) is 5.56 Å². The van der Waals surface area contributed by atoms with Gasteiger partial charge in [-0.1, -0.05) is 32.9 Å². The third kappa shape index (κ3) is 6.24. The van der Waals surface area contributed by atoms with Gasteiger partial charge in [0, 0.05) is 18.4 Å². The molecule has 156 valence electrons. The third-order valence-corrected chi connectivity index (χ3v) is 4.45. The number of carbonyl (C=O) groups is 2. The van der Waals surface area contributed by atoms with Crippen LogP contribution in [0.15, 0.2) is 48.5 Å². The van der Waals surface area contributed by atoms with Gasteiger partial charge in [-0.2, -0.15) is 0 Å². The summed E-state index contributed by atoms with van der Waals surface area (Å²) in [5.41, 5.74) is 2.44. The smallest absolute Gasteiger partial charge is 0.413 e. The molecule has 0 fully saturated rings. The Hall–Kier alpha value is -3.02. The molecule has 0 aliphatic rings. The zero-order chi connectivity index (χ0) is 21.6. The summed E-state index contributed by atoms with van der Waals surface area (Å²) < 4.78 is 10.8. The van der Waals surface area contributed by atoms with Crippen molar-refractivity contribution in [2.45, 2.75) is 46.1 Å². The van der Waals surface area contributed by atoms with Crippen LogP contribution in [0.4, 0.5) is 16.2 Å². The van der Waals surface area contributed by atoms with Crippen molar-refractivity contribution in [3.05, 3.63) is 54.1 Å². The van der Waals surface area contributed by atoms with Gasteiger partial charge in [-0.3, -0.25) is 9.69 Å². The zero-order valence-corrected chi connectivity index (χ0v) is 18.0. The number of hydrogen-bond donors (Lipinski definition) is 1. The maximum Gasteiger partial charge on any atom is 0.413 e. The minimum atomic E-state index is -0.660. The van der Waals surface area contributed by atoms with Gasteiger partial charge in [-0.15, -0.1) is 0 Å². The predicted molar refractivity (Wildman–Crippen MR) is 116 cm³/mol. The van der Waals surface area contributed by atoms with E-state index < -0.39 is 12.2 Å². The number of carbonyl (C=O) groups excluding carboxylic acids is 2. The SMILES string of the molecule is CCOC(=O)N(C)c1ccc(NC(=O)C(C)Oc2cccc(C(C)(C)C)c2)cc1. The lowest BCUT2D eigenvalue weighted by atomic mass is 9.87. The van der Waals surface area contributed by atoms with Crippen LogP contribution in [0.1, 0.15) is 40.2 Å². The van der Waals surface area contributed by atoms with Crippen molar-refractivity contribution in [2.24, 2.45) is 0 Å². The van der Waals surface area contributed by atoms with E-state index in [9.17, 15) is 9.59 Å². The number of hydrogen-bond acceptors (Lipinski definition) is 4. The van der Waals surface area contributed by atoms with E-state index in [4.69, 9.17) is 9.47 Å². The summed E-state index contributed by atoms with van der Waals surface area (Å²) in [6.07, 6.45) is -1.09. The first-order valence-electron chi connectivity index (χ1n) is 9.70. The van der Waals surface area contributed by atoms with E-state index in [-0.39, 0.29) is 11.3 Å². The van der Waals surface area contributed by atoms with Gasteiger partial charge < -0.3 is 14.8 Å². The molecule has 0 aliphatic heterocycles. The molecule has 0 saturated heterocycles. The first-order valence-corrected chi connectivity index (χ1v) is 9.70. The van der Waals surface area contributed by atoms with Gasteiger partial charge in [0.1, 0.15) is 5.75 Å². The molecule has 0 radical (unpaired) electrons. The normalized spacial score (nSPS) is 12.1. The molecule has 1 atom stereocenters. The molecule has 0 bridgehead atoms. The fraction of sp³-hybridized carbons (Fsp3) is 0.391. The molecular weight excluding hydrogens is 368 g/mol. The highest BCUT2D eigenvalue weighted by Gasteiger charge is 2.18. The fourth-order valence-electron chi connectivity index (χ4n) is 2.63. The second-order valence-corrected chi connectivity index (χ2v) is 7.83. The van der Waals surface area contributed by atoms with Crippen molar-refractivity contribution in [3.63, 3.8) is 0 Å². The topological polar surface area (TPSA) is 67.9 Å². The average Bonchev–Trinajstić information content (AvgIpc) is 2.67. The molecule has 2 aromatic carbocycles. The lowest BCUT2D eigenvalue weighted by molar-refractivity contribution is -0.122. The van der Waals surface area contributed by atoms with Crippen LogP contribution < -0.4 is 15.0 Å². The minimum Gasteiger partial charge on any atom is -0.481 e. The Kier molecular flexibility index (Phi) is 7.26. The number of ether oxygens (including phenoxy) is 2. The van der Waals surface area contributed by atoms with Crippen LogP contribution in [0.5, 0.6) is 5.75 Å². The van der Waals surface area contributed by atoms with Gasteiger partial charge in [0.2, 0.25) is 0 Å². The van der Waals surface area contributed by atoms with Crippen molar-refractivity contribution in [3.8, 4) is 5.75 Å². The molecular formula is C23H30N2O4. The molecule has 2 rings (SSSR count). The minimum absolute atomic E-state index is 0.00330. The average molecular weight is 399 g/mol. The predicted octanol–water partition coefficient (Wildman–Crippen LogP) is 4.98. The molecule has 0 heterocycles. The van der Waals surface area contributed by atoms with Crippen LogP contribution in [0.25, 0.3) is 0 Å². The molecule has 1 unspecified atom stereocenters. The Morgan fingerprint density at radius 1 is 1.10 bits per heavy atom. The molecule has 0 aliphatic carbocycles. The second-order valence-electron chi connectivity index (χ2n) is 7.83. The summed E-state index contributed by atoms with van der Waals surface area (Å²) in [4.78, 5) is 25.7. The van der Waals surface area contributed by atoms with E-state index in [1.54, 1.807) is 45.2 Å². The van der Waals surface area contributed by atoms with Crippen LogP contribution in [-0.4, -0.2) is 31.8 Å². The Bertz CT molecular complexity index is 841. The Morgan fingerprint density at radius 2 is 1.76 bits per heavy atom. The van der Waals surface area contributed by atoms with Gasteiger partial charge in [-0.05, 0) is 61.2 Å². The van der Waals surface area contributed by atoms with Gasteiger partial charge in [0.15, 0.2) is 6.10 Å². The van der Waals surface area contributed by atoms with Crippen LogP contribution in [-0.2, 0) is 14.9 Å². The lowest BCUT2D eigenvalue weighted by Crippen LogP contribution is -2.30. The number of anilines is 2. The highest BCUT2D eigenvalue weighted by molar-refractivity contribution is 5.94. The van der Waals surface area contributed by atoms with E-state index in [1.165, 1.54) is 4.90 Å². The summed E-state index contributed by atoms with van der Waals surface area (Å²) in [5.74, 6) is 0.407. The highest BCUT2D eigenvalue weighted by Crippen LogP contribution is 2.26. The molecule has 0 aromatic heterocycles.